The topological polar surface area (TPSA) is 16.4 Å². The smallest absolute Gasteiger partial charge is 0.136 e. The second-order valence-corrected chi connectivity index (χ2v) is 14.9. The first-order chi connectivity index (χ1) is 28.8. The van der Waals surface area contributed by atoms with Crippen molar-refractivity contribution in [2.45, 2.75) is 0 Å². The van der Waals surface area contributed by atoms with Gasteiger partial charge in [0.2, 0.25) is 0 Å². The van der Waals surface area contributed by atoms with E-state index in [2.05, 4.69) is 223 Å². The van der Waals surface area contributed by atoms with Gasteiger partial charge in [-0.2, -0.15) is 0 Å². The Kier molecular flexibility index (Phi) is 8.19. The highest BCUT2D eigenvalue weighted by atomic mass is 16.3. The van der Waals surface area contributed by atoms with Gasteiger partial charge >= 0.3 is 0 Å². The molecule has 0 radical (unpaired) electrons. The van der Waals surface area contributed by atoms with Gasteiger partial charge < -0.3 is 9.32 Å². The Bertz CT molecular complexity index is 3150. The molecule has 0 saturated heterocycles. The van der Waals surface area contributed by atoms with Crippen molar-refractivity contribution in [3.8, 4) is 44.5 Å². The van der Waals surface area contributed by atoms with Crippen LogP contribution in [-0.4, -0.2) is 0 Å². The van der Waals surface area contributed by atoms with Gasteiger partial charge in [-0.15, -0.1) is 0 Å². The number of hydrogen-bond donors (Lipinski definition) is 0. The molecule has 2 heteroatoms. The molecule has 0 aliphatic carbocycles. The second-order valence-electron chi connectivity index (χ2n) is 14.9. The van der Waals surface area contributed by atoms with E-state index in [0.29, 0.717) is 0 Å². The summed E-state index contributed by atoms with van der Waals surface area (Å²) in [5, 5.41) is 7.19. The van der Waals surface area contributed by atoms with Crippen LogP contribution in [0.25, 0.3) is 88.0 Å². The lowest BCUT2D eigenvalue weighted by molar-refractivity contribution is 0.669. The Morgan fingerprint density at radius 2 is 0.759 bits per heavy atom. The maximum absolute atomic E-state index is 6.52. The minimum absolute atomic E-state index is 0.887. The highest BCUT2D eigenvalue weighted by Crippen LogP contribution is 2.47. The SMILES string of the molecule is c1ccc(-c2ccc(N(c3ccc(-c4ccccc4)cc3)c3ccc(-c4ccc5oc6ccccc6c5c4-c4cc5ccccc5c5ccccc45)cc3)cc2)cc1. The van der Waals surface area contributed by atoms with E-state index in [4.69, 9.17) is 4.42 Å². The molecule has 0 bridgehead atoms. The standard InChI is InChI=1S/C56H37NO/c1-3-13-38(14-4-1)40-23-29-44(30-24-40)57(45-31-25-41(26-32-45)39-15-5-2-6-16-39)46-33-27-42(28-34-46)48-35-36-54-56(51-21-11-12-22-53(51)58-54)55(48)52-37-43-17-7-8-18-47(43)49-19-9-10-20-50(49)52/h1-37H. The van der Waals surface area contributed by atoms with Crippen molar-refractivity contribution in [3.63, 3.8) is 0 Å². The van der Waals surface area contributed by atoms with Crippen LogP contribution in [0.5, 0.6) is 0 Å². The first-order valence-electron chi connectivity index (χ1n) is 19.8. The Morgan fingerprint density at radius 1 is 0.293 bits per heavy atom. The molecule has 11 aromatic rings. The van der Waals surface area contributed by atoms with Crippen LogP contribution in [0.4, 0.5) is 17.1 Å². The highest BCUT2D eigenvalue weighted by Gasteiger charge is 2.21. The molecule has 0 aliphatic heterocycles. The van der Waals surface area contributed by atoms with Crippen molar-refractivity contribution in [2.75, 3.05) is 4.90 Å². The average molecular weight is 740 g/mol. The van der Waals surface area contributed by atoms with Gasteiger partial charge in [-0.25, -0.2) is 0 Å². The predicted octanol–water partition coefficient (Wildman–Crippen LogP) is 16.0. The maximum Gasteiger partial charge on any atom is 0.136 e. The largest absolute Gasteiger partial charge is 0.456 e. The van der Waals surface area contributed by atoms with Crippen molar-refractivity contribution in [1.82, 2.24) is 0 Å². The van der Waals surface area contributed by atoms with E-state index in [9.17, 15) is 0 Å². The molecular weight excluding hydrogens is 703 g/mol. The average Bonchev–Trinajstić information content (AvgIpc) is 3.69. The van der Waals surface area contributed by atoms with Crippen LogP contribution in [0.15, 0.2) is 229 Å². The van der Waals surface area contributed by atoms with Crippen molar-refractivity contribution in [1.29, 1.82) is 0 Å². The van der Waals surface area contributed by atoms with Crippen LogP contribution in [0, 0.1) is 0 Å². The minimum Gasteiger partial charge on any atom is -0.456 e. The molecule has 0 aliphatic rings. The minimum atomic E-state index is 0.887. The monoisotopic (exact) mass is 739 g/mol. The van der Waals surface area contributed by atoms with E-state index in [1.165, 1.54) is 54.9 Å². The van der Waals surface area contributed by atoms with Gasteiger partial charge in [0.25, 0.3) is 0 Å². The van der Waals surface area contributed by atoms with E-state index in [1.807, 2.05) is 6.07 Å². The van der Waals surface area contributed by atoms with Gasteiger partial charge in [0, 0.05) is 33.4 Å². The van der Waals surface area contributed by atoms with Crippen LogP contribution in [0.1, 0.15) is 0 Å². The predicted molar refractivity (Wildman–Crippen MR) is 245 cm³/mol. The number of fused-ring (bicyclic) bond motifs is 6. The fraction of sp³-hybridized carbons (Fsp3) is 0. The zero-order chi connectivity index (χ0) is 38.4. The number of hydrogen-bond acceptors (Lipinski definition) is 2. The normalized spacial score (nSPS) is 11.4. The van der Waals surface area contributed by atoms with E-state index < -0.39 is 0 Å². The summed E-state index contributed by atoms with van der Waals surface area (Å²) in [6, 6.07) is 80.6. The molecule has 11 rings (SSSR count). The molecule has 1 heterocycles. The first kappa shape index (κ1) is 33.6. The van der Waals surface area contributed by atoms with E-state index >= 15 is 0 Å². The Hall–Kier alpha value is -7.68. The summed E-state index contributed by atoms with van der Waals surface area (Å²) >= 11 is 0. The van der Waals surface area contributed by atoms with E-state index in [1.54, 1.807) is 0 Å². The summed E-state index contributed by atoms with van der Waals surface area (Å²) in [6.45, 7) is 0. The third-order valence-electron chi connectivity index (χ3n) is 11.5. The summed E-state index contributed by atoms with van der Waals surface area (Å²) in [4.78, 5) is 2.35. The number of benzene rings is 10. The molecule has 0 amide bonds. The van der Waals surface area contributed by atoms with Gasteiger partial charge in [-0.3, -0.25) is 0 Å². The van der Waals surface area contributed by atoms with Crippen LogP contribution < -0.4 is 4.90 Å². The van der Waals surface area contributed by atoms with Crippen LogP contribution in [-0.2, 0) is 0 Å². The second kappa shape index (κ2) is 14.1. The zero-order valence-corrected chi connectivity index (χ0v) is 31.7. The summed E-state index contributed by atoms with van der Waals surface area (Å²) in [7, 11) is 0. The Morgan fingerprint density at radius 3 is 1.36 bits per heavy atom. The molecule has 0 saturated carbocycles. The molecule has 272 valence electrons. The first-order valence-corrected chi connectivity index (χ1v) is 19.8. The van der Waals surface area contributed by atoms with Crippen LogP contribution in [0.2, 0.25) is 0 Å². The maximum atomic E-state index is 6.52. The van der Waals surface area contributed by atoms with E-state index in [-0.39, 0.29) is 0 Å². The van der Waals surface area contributed by atoms with Gasteiger partial charge in [0.05, 0.1) is 0 Å². The lowest BCUT2D eigenvalue weighted by Crippen LogP contribution is -2.09. The molecule has 1 aromatic heterocycles. The van der Waals surface area contributed by atoms with Crippen molar-refractivity contribution in [3.05, 3.63) is 224 Å². The third kappa shape index (κ3) is 5.82. The molecule has 0 fully saturated rings. The quantitative estimate of drug-likeness (QED) is 0.151. The van der Waals surface area contributed by atoms with Crippen LogP contribution in [0.3, 0.4) is 0 Å². The highest BCUT2D eigenvalue weighted by molar-refractivity contribution is 6.22. The summed E-state index contributed by atoms with van der Waals surface area (Å²) in [5.74, 6) is 0. The number of para-hydroxylation sites is 1. The number of anilines is 3. The molecular formula is C56H37NO. The molecule has 58 heavy (non-hydrogen) atoms. The number of furan rings is 1. The molecule has 10 aromatic carbocycles. The van der Waals surface area contributed by atoms with Gasteiger partial charge in [-0.1, -0.05) is 170 Å². The molecule has 2 nitrogen and oxygen atoms in total. The van der Waals surface area contributed by atoms with Crippen LogP contribution >= 0.6 is 0 Å². The number of rotatable bonds is 7. The lowest BCUT2D eigenvalue weighted by atomic mass is 9.86. The molecule has 0 N–H and O–H groups in total. The fourth-order valence-corrected chi connectivity index (χ4v) is 8.70. The summed E-state index contributed by atoms with van der Waals surface area (Å²) in [5.41, 5.74) is 14.5. The van der Waals surface area contributed by atoms with Gasteiger partial charge in [0.1, 0.15) is 11.2 Å². The lowest BCUT2D eigenvalue weighted by Gasteiger charge is -2.26. The van der Waals surface area contributed by atoms with Gasteiger partial charge in [0.15, 0.2) is 0 Å². The molecule has 0 atom stereocenters. The zero-order valence-electron chi connectivity index (χ0n) is 31.7. The molecule has 0 unspecified atom stereocenters. The third-order valence-corrected chi connectivity index (χ3v) is 11.5. The van der Waals surface area contributed by atoms with Crippen molar-refractivity contribution in [2.24, 2.45) is 0 Å². The van der Waals surface area contributed by atoms with Gasteiger partial charge in [-0.05, 0) is 115 Å². The Labute approximate surface area is 337 Å². The molecule has 0 spiro atoms. The van der Waals surface area contributed by atoms with Crippen molar-refractivity contribution >= 4 is 60.5 Å². The fourth-order valence-electron chi connectivity index (χ4n) is 8.70. The van der Waals surface area contributed by atoms with E-state index in [0.717, 1.165) is 50.1 Å². The van der Waals surface area contributed by atoms with Crippen molar-refractivity contribution < 1.29 is 4.42 Å². The Balaban J connectivity index is 1.08. The summed E-state index contributed by atoms with van der Waals surface area (Å²) in [6.07, 6.45) is 0. The number of nitrogens with zero attached hydrogens (tertiary/aromatic N) is 1. The summed E-state index contributed by atoms with van der Waals surface area (Å²) < 4.78 is 6.52.